The molecule has 0 bridgehead atoms. The monoisotopic (exact) mass is 381 g/mol. The number of rotatable bonds is 6. The lowest BCUT2D eigenvalue weighted by Gasteiger charge is -2.19. The first-order chi connectivity index (χ1) is 12.6. The molecule has 0 heterocycles. The van der Waals surface area contributed by atoms with Gasteiger partial charge in [-0.25, -0.2) is 4.79 Å². The van der Waals surface area contributed by atoms with Crippen LogP contribution in [0.3, 0.4) is 0 Å². The third-order valence-corrected chi connectivity index (χ3v) is 3.64. The molecule has 9 heteroatoms. The number of anilines is 1. The van der Waals surface area contributed by atoms with Crippen molar-refractivity contribution >= 4 is 17.6 Å². The van der Waals surface area contributed by atoms with E-state index >= 15 is 0 Å². The van der Waals surface area contributed by atoms with Crippen LogP contribution < -0.4 is 21.1 Å². The number of carbonyl (C=O) groups is 2. The van der Waals surface area contributed by atoms with Gasteiger partial charge in [0.05, 0.1) is 12.5 Å². The molecule has 2 aromatic carbocycles. The summed E-state index contributed by atoms with van der Waals surface area (Å²) >= 11 is 0. The largest absolute Gasteiger partial charge is 0.573 e. The Kier molecular flexibility index (Phi) is 6.27. The first-order valence-corrected chi connectivity index (χ1v) is 7.91. The molecule has 6 nitrogen and oxygen atoms in total. The molecule has 0 aliphatic carbocycles. The van der Waals surface area contributed by atoms with Crippen molar-refractivity contribution in [2.45, 2.75) is 25.7 Å². The van der Waals surface area contributed by atoms with Gasteiger partial charge in [0.2, 0.25) is 5.91 Å². The summed E-state index contributed by atoms with van der Waals surface area (Å²) in [4.78, 5) is 23.5. The highest BCUT2D eigenvalue weighted by Gasteiger charge is 2.31. The average Bonchev–Trinajstić information content (AvgIpc) is 2.55. The van der Waals surface area contributed by atoms with Crippen molar-refractivity contribution in [1.82, 2.24) is 5.32 Å². The fraction of sp³-hybridized carbons (Fsp3) is 0.222. The van der Waals surface area contributed by atoms with Gasteiger partial charge in [-0.15, -0.1) is 13.2 Å². The Morgan fingerprint density at radius 2 is 1.74 bits per heavy atom. The molecule has 0 aromatic heterocycles. The highest BCUT2D eigenvalue weighted by Crippen LogP contribution is 2.25. The van der Waals surface area contributed by atoms with E-state index in [1.54, 1.807) is 12.1 Å². The molecule has 0 saturated carbocycles. The predicted molar refractivity (Wildman–Crippen MR) is 93.0 cm³/mol. The number of hydrogen-bond donors (Lipinski definition) is 3. The minimum Gasteiger partial charge on any atom is -0.406 e. The van der Waals surface area contributed by atoms with Crippen molar-refractivity contribution in [1.29, 1.82) is 0 Å². The second-order valence-corrected chi connectivity index (χ2v) is 5.74. The van der Waals surface area contributed by atoms with Gasteiger partial charge < -0.3 is 21.1 Å². The summed E-state index contributed by atoms with van der Waals surface area (Å²) in [6.07, 6.45) is -4.89. The highest BCUT2D eigenvalue weighted by atomic mass is 19.4. The number of ether oxygens (including phenoxy) is 1. The van der Waals surface area contributed by atoms with Crippen molar-refractivity contribution in [3.63, 3.8) is 0 Å². The summed E-state index contributed by atoms with van der Waals surface area (Å²) in [7, 11) is 0. The fourth-order valence-electron chi connectivity index (χ4n) is 2.53. The van der Waals surface area contributed by atoms with Crippen LogP contribution in [0.15, 0.2) is 48.5 Å². The van der Waals surface area contributed by atoms with Gasteiger partial charge in [0.15, 0.2) is 0 Å². The van der Waals surface area contributed by atoms with Gasteiger partial charge in [-0.3, -0.25) is 4.79 Å². The molecular weight excluding hydrogens is 363 g/mol. The predicted octanol–water partition coefficient (Wildman–Crippen LogP) is 3.63. The molecule has 0 radical (unpaired) electrons. The summed E-state index contributed by atoms with van der Waals surface area (Å²) < 4.78 is 40.2. The Morgan fingerprint density at radius 3 is 2.30 bits per heavy atom. The lowest BCUT2D eigenvalue weighted by molar-refractivity contribution is -0.274. The molecule has 0 fully saturated rings. The van der Waals surface area contributed by atoms with E-state index in [0.717, 1.165) is 23.3 Å². The first-order valence-electron chi connectivity index (χ1n) is 7.91. The number of benzene rings is 2. The molecule has 4 N–H and O–H groups in total. The third-order valence-electron chi connectivity index (χ3n) is 3.64. The number of amides is 3. The van der Waals surface area contributed by atoms with Crippen LogP contribution >= 0.6 is 0 Å². The SMILES string of the molecule is Cc1ccccc1C(CC(=O)Nc1ccc(OC(F)(F)F)cc1)NC(N)=O. The number of halogens is 3. The summed E-state index contributed by atoms with van der Waals surface area (Å²) in [5, 5.41) is 5.08. The molecular formula is C18H18F3N3O3. The van der Waals surface area contributed by atoms with Gasteiger partial charge >= 0.3 is 12.4 Å². The Morgan fingerprint density at radius 1 is 1.11 bits per heavy atom. The van der Waals surface area contributed by atoms with E-state index in [-0.39, 0.29) is 12.1 Å². The molecule has 27 heavy (non-hydrogen) atoms. The van der Waals surface area contributed by atoms with E-state index in [9.17, 15) is 22.8 Å². The van der Waals surface area contributed by atoms with Crippen molar-refractivity contribution in [2.24, 2.45) is 5.73 Å². The Hall–Kier alpha value is -3.23. The molecule has 144 valence electrons. The van der Waals surface area contributed by atoms with Gasteiger partial charge in [0, 0.05) is 5.69 Å². The number of aryl methyl sites for hydroxylation is 1. The van der Waals surface area contributed by atoms with Crippen molar-refractivity contribution < 1.29 is 27.5 Å². The van der Waals surface area contributed by atoms with E-state index in [0.29, 0.717) is 0 Å². The van der Waals surface area contributed by atoms with Crippen LogP contribution in [-0.4, -0.2) is 18.3 Å². The number of hydrogen-bond acceptors (Lipinski definition) is 3. The quantitative estimate of drug-likeness (QED) is 0.713. The Labute approximate surface area is 153 Å². The second kappa shape index (κ2) is 8.43. The Bertz CT molecular complexity index is 807. The lowest BCUT2D eigenvalue weighted by atomic mass is 9.98. The number of alkyl halides is 3. The van der Waals surface area contributed by atoms with E-state index in [1.807, 2.05) is 19.1 Å². The molecule has 0 spiro atoms. The molecule has 0 aliphatic rings. The minimum absolute atomic E-state index is 0.103. The number of carbonyl (C=O) groups excluding carboxylic acids is 2. The number of nitrogens with one attached hydrogen (secondary N) is 2. The fourth-order valence-corrected chi connectivity index (χ4v) is 2.53. The van der Waals surface area contributed by atoms with Crippen molar-refractivity contribution in [3.05, 3.63) is 59.7 Å². The van der Waals surface area contributed by atoms with Gasteiger partial charge in [0.25, 0.3) is 0 Å². The second-order valence-electron chi connectivity index (χ2n) is 5.74. The van der Waals surface area contributed by atoms with E-state index < -0.39 is 30.1 Å². The summed E-state index contributed by atoms with van der Waals surface area (Å²) in [6, 6.07) is 10.5. The molecule has 2 aromatic rings. The van der Waals surface area contributed by atoms with Gasteiger partial charge in [-0.1, -0.05) is 24.3 Å². The molecule has 0 aliphatic heterocycles. The molecule has 1 unspecified atom stereocenters. The van der Waals surface area contributed by atoms with Crippen LogP contribution in [0.4, 0.5) is 23.7 Å². The van der Waals surface area contributed by atoms with Crippen LogP contribution in [0.5, 0.6) is 5.75 Å². The number of primary amides is 1. The van der Waals surface area contributed by atoms with Crippen LogP contribution in [-0.2, 0) is 4.79 Å². The van der Waals surface area contributed by atoms with Crippen LogP contribution in [0.1, 0.15) is 23.6 Å². The summed E-state index contributed by atoms with van der Waals surface area (Å²) in [5.74, 6) is -0.838. The van der Waals surface area contributed by atoms with Crippen LogP contribution in [0, 0.1) is 6.92 Å². The zero-order valence-corrected chi connectivity index (χ0v) is 14.3. The standard InChI is InChI=1S/C18H18F3N3O3/c1-11-4-2-3-5-14(11)15(24-17(22)26)10-16(25)23-12-6-8-13(9-7-12)27-18(19,20)21/h2-9,15H,10H2,1H3,(H,23,25)(H3,22,24,26). The lowest BCUT2D eigenvalue weighted by Crippen LogP contribution is -2.35. The Balaban J connectivity index is 2.05. The van der Waals surface area contributed by atoms with Crippen molar-refractivity contribution in [3.8, 4) is 5.75 Å². The number of urea groups is 1. The number of nitrogens with two attached hydrogens (primary N) is 1. The van der Waals surface area contributed by atoms with E-state index in [1.165, 1.54) is 12.1 Å². The topological polar surface area (TPSA) is 93.4 Å². The molecule has 0 saturated heterocycles. The normalized spacial score (nSPS) is 12.1. The zero-order chi connectivity index (χ0) is 20.0. The summed E-state index contributed by atoms with van der Waals surface area (Å²) in [5.41, 5.74) is 7.09. The summed E-state index contributed by atoms with van der Waals surface area (Å²) in [6.45, 7) is 1.84. The maximum atomic E-state index is 12.3. The van der Waals surface area contributed by atoms with Gasteiger partial charge in [-0.05, 0) is 42.3 Å². The first kappa shape index (κ1) is 20.1. The third kappa shape index (κ3) is 6.53. The maximum absolute atomic E-state index is 12.3. The molecule has 1 atom stereocenters. The van der Waals surface area contributed by atoms with Gasteiger partial charge in [0.1, 0.15) is 5.75 Å². The van der Waals surface area contributed by atoms with Gasteiger partial charge in [-0.2, -0.15) is 0 Å². The smallest absolute Gasteiger partial charge is 0.406 e. The maximum Gasteiger partial charge on any atom is 0.573 e. The molecule has 2 rings (SSSR count). The van der Waals surface area contributed by atoms with E-state index in [4.69, 9.17) is 5.73 Å². The van der Waals surface area contributed by atoms with Crippen molar-refractivity contribution in [2.75, 3.05) is 5.32 Å². The van der Waals surface area contributed by atoms with E-state index in [2.05, 4.69) is 15.4 Å². The minimum atomic E-state index is -4.79. The zero-order valence-electron chi connectivity index (χ0n) is 14.3. The average molecular weight is 381 g/mol. The molecule has 3 amide bonds. The van der Waals surface area contributed by atoms with Crippen LogP contribution in [0.2, 0.25) is 0 Å². The van der Waals surface area contributed by atoms with Crippen LogP contribution in [0.25, 0.3) is 0 Å². The highest BCUT2D eigenvalue weighted by molar-refractivity contribution is 5.91.